The van der Waals surface area contributed by atoms with E-state index in [2.05, 4.69) is 4.98 Å². The number of fused-ring (bicyclic) bond motifs is 1. The molecule has 162 valence electrons. The van der Waals surface area contributed by atoms with E-state index in [9.17, 15) is 23.5 Å². The minimum absolute atomic E-state index is 0.00820. The van der Waals surface area contributed by atoms with Gasteiger partial charge in [0.25, 0.3) is 11.8 Å². The van der Waals surface area contributed by atoms with Gasteiger partial charge in [-0.05, 0) is 24.3 Å². The first kappa shape index (κ1) is 20.6. The van der Waals surface area contributed by atoms with Gasteiger partial charge in [0, 0.05) is 56.2 Å². The predicted molar refractivity (Wildman–Crippen MR) is 108 cm³/mol. The number of rotatable bonds is 3. The third-order valence-corrected chi connectivity index (χ3v) is 5.29. The summed E-state index contributed by atoms with van der Waals surface area (Å²) < 4.78 is 32.0. The summed E-state index contributed by atoms with van der Waals surface area (Å²) in [5.74, 6) is -3.22. The van der Waals surface area contributed by atoms with E-state index in [1.54, 1.807) is 18.2 Å². The minimum atomic E-state index is -2.73. The maximum atomic E-state index is 13.3. The number of hydrogen-bond acceptors (Lipinski definition) is 5. The molecule has 1 aliphatic rings. The lowest BCUT2D eigenvalue weighted by Gasteiger charge is -2.31. The third-order valence-electron chi connectivity index (χ3n) is 5.29. The minimum Gasteiger partial charge on any atom is -0.504 e. The molecule has 1 aliphatic heterocycles. The maximum Gasteiger partial charge on any atom is 0.413 e. The molecule has 0 atom stereocenters. The molecule has 2 amide bonds. The fourth-order valence-corrected chi connectivity index (χ4v) is 3.44. The number of pyridine rings is 1. The number of phenols is 1. The molecule has 3 aromatic rings. The standard InChI is InChI=1S/C21H19F2N3O5/c1-25(20(29)30)17-10-14-8-13(9-16(27)18(14)31-17)15-3-2-12(11-24-15)19(28)26-6-4-21(22,23)5-7-26/h2-3,8-11,27H,4-7H2,1H3,(H,29,30). The number of nitrogens with zero attached hydrogens (tertiary/aromatic N) is 3. The number of likely N-dealkylation sites (tertiary alicyclic amines) is 1. The maximum absolute atomic E-state index is 13.3. The summed E-state index contributed by atoms with van der Waals surface area (Å²) in [4.78, 5) is 30.2. The van der Waals surface area contributed by atoms with Crippen LogP contribution >= 0.6 is 0 Å². The van der Waals surface area contributed by atoms with E-state index in [4.69, 9.17) is 9.52 Å². The number of amides is 2. The highest BCUT2D eigenvalue weighted by molar-refractivity contribution is 5.95. The van der Waals surface area contributed by atoms with Gasteiger partial charge in [0.15, 0.2) is 11.3 Å². The fraction of sp³-hybridized carbons (Fsp3) is 0.286. The molecule has 0 unspecified atom stereocenters. The highest BCUT2D eigenvalue weighted by atomic mass is 19.3. The molecule has 2 aromatic heterocycles. The number of benzene rings is 1. The van der Waals surface area contributed by atoms with Crippen LogP contribution in [0, 0.1) is 0 Å². The number of aromatic hydroxyl groups is 1. The van der Waals surface area contributed by atoms with Crippen LogP contribution in [0.4, 0.5) is 19.5 Å². The Morgan fingerprint density at radius 3 is 2.52 bits per heavy atom. The molecule has 1 fully saturated rings. The van der Waals surface area contributed by atoms with Crippen molar-refractivity contribution in [3.05, 3.63) is 42.1 Å². The number of phenolic OH excluding ortho intramolecular Hbond substituents is 1. The second-order valence-corrected chi connectivity index (χ2v) is 7.42. The van der Waals surface area contributed by atoms with Gasteiger partial charge in [-0.25, -0.2) is 13.6 Å². The summed E-state index contributed by atoms with van der Waals surface area (Å²) >= 11 is 0. The lowest BCUT2D eigenvalue weighted by atomic mass is 10.1. The first-order valence-corrected chi connectivity index (χ1v) is 9.51. The summed E-state index contributed by atoms with van der Waals surface area (Å²) in [5, 5.41) is 19.9. The zero-order chi connectivity index (χ0) is 22.3. The Bertz CT molecular complexity index is 1150. The topological polar surface area (TPSA) is 107 Å². The Balaban J connectivity index is 1.57. The van der Waals surface area contributed by atoms with Gasteiger partial charge in [-0.3, -0.25) is 14.7 Å². The fourth-order valence-electron chi connectivity index (χ4n) is 3.44. The van der Waals surface area contributed by atoms with Crippen molar-refractivity contribution in [2.45, 2.75) is 18.8 Å². The molecule has 10 heteroatoms. The van der Waals surface area contributed by atoms with E-state index >= 15 is 0 Å². The van der Waals surface area contributed by atoms with E-state index in [0.29, 0.717) is 16.6 Å². The highest BCUT2D eigenvalue weighted by Gasteiger charge is 2.35. The molecular formula is C21H19F2N3O5. The summed E-state index contributed by atoms with van der Waals surface area (Å²) in [6, 6.07) is 7.73. The lowest BCUT2D eigenvalue weighted by molar-refractivity contribution is -0.0494. The number of piperidine rings is 1. The Hall–Kier alpha value is -3.69. The summed E-state index contributed by atoms with van der Waals surface area (Å²) in [5.41, 5.74) is 1.42. The Labute approximate surface area is 175 Å². The van der Waals surface area contributed by atoms with Gasteiger partial charge in [-0.1, -0.05) is 0 Å². The number of hydrogen-bond donors (Lipinski definition) is 2. The zero-order valence-corrected chi connectivity index (χ0v) is 16.5. The smallest absolute Gasteiger partial charge is 0.413 e. The van der Waals surface area contributed by atoms with Crippen molar-refractivity contribution < 1.29 is 33.0 Å². The largest absolute Gasteiger partial charge is 0.504 e. The molecule has 0 bridgehead atoms. The molecule has 0 spiro atoms. The zero-order valence-electron chi connectivity index (χ0n) is 16.5. The van der Waals surface area contributed by atoms with Crippen LogP contribution < -0.4 is 4.90 Å². The van der Waals surface area contributed by atoms with Gasteiger partial charge in [0.1, 0.15) is 0 Å². The third kappa shape index (κ3) is 4.00. The van der Waals surface area contributed by atoms with Crippen molar-refractivity contribution in [2.75, 3.05) is 25.0 Å². The number of halogens is 2. The van der Waals surface area contributed by atoms with Crippen LogP contribution in [-0.2, 0) is 0 Å². The Kier molecular flexibility index (Phi) is 5.00. The summed E-state index contributed by atoms with van der Waals surface area (Å²) in [7, 11) is 1.32. The number of anilines is 1. The van der Waals surface area contributed by atoms with E-state index in [-0.39, 0.29) is 54.6 Å². The number of carboxylic acid groups (broad SMARTS) is 1. The van der Waals surface area contributed by atoms with E-state index in [1.807, 2.05) is 0 Å². The van der Waals surface area contributed by atoms with Crippen LogP contribution in [0.3, 0.4) is 0 Å². The molecule has 1 saturated heterocycles. The SMILES string of the molecule is CN(C(=O)O)c1cc2cc(-c3ccc(C(=O)N4CCC(F)(F)CC4)cn3)cc(O)c2o1. The van der Waals surface area contributed by atoms with Crippen LogP contribution in [0.2, 0.25) is 0 Å². The first-order chi connectivity index (χ1) is 14.6. The summed E-state index contributed by atoms with van der Waals surface area (Å²) in [6.07, 6.45) is -0.552. The number of aromatic nitrogens is 1. The molecule has 2 N–H and O–H groups in total. The molecule has 4 rings (SSSR count). The quantitative estimate of drug-likeness (QED) is 0.644. The van der Waals surface area contributed by atoms with Crippen molar-refractivity contribution in [1.29, 1.82) is 0 Å². The Morgan fingerprint density at radius 1 is 1.19 bits per heavy atom. The van der Waals surface area contributed by atoms with E-state index in [1.165, 1.54) is 30.3 Å². The van der Waals surface area contributed by atoms with E-state index < -0.39 is 12.0 Å². The molecule has 0 aliphatic carbocycles. The van der Waals surface area contributed by atoms with Gasteiger partial charge in [-0.2, -0.15) is 0 Å². The lowest BCUT2D eigenvalue weighted by Crippen LogP contribution is -2.42. The van der Waals surface area contributed by atoms with Gasteiger partial charge in [0.05, 0.1) is 11.3 Å². The van der Waals surface area contributed by atoms with Crippen LogP contribution in [0.15, 0.2) is 40.9 Å². The average molecular weight is 431 g/mol. The molecule has 8 nitrogen and oxygen atoms in total. The highest BCUT2D eigenvalue weighted by Crippen LogP contribution is 2.36. The number of carbonyl (C=O) groups excluding carboxylic acids is 1. The van der Waals surface area contributed by atoms with Crippen molar-refractivity contribution in [3.63, 3.8) is 0 Å². The molecular weight excluding hydrogens is 412 g/mol. The van der Waals surface area contributed by atoms with Crippen molar-refractivity contribution in [3.8, 4) is 17.0 Å². The molecule has 1 aromatic carbocycles. The second kappa shape index (κ2) is 7.53. The van der Waals surface area contributed by atoms with Gasteiger partial charge in [0.2, 0.25) is 5.88 Å². The van der Waals surface area contributed by atoms with Crippen molar-refractivity contribution >= 4 is 28.9 Å². The normalized spacial score (nSPS) is 15.8. The van der Waals surface area contributed by atoms with Crippen LogP contribution in [0.25, 0.3) is 22.2 Å². The number of carbonyl (C=O) groups is 2. The monoisotopic (exact) mass is 431 g/mol. The average Bonchev–Trinajstić information content (AvgIpc) is 3.17. The van der Waals surface area contributed by atoms with Crippen molar-refractivity contribution in [2.24, 2.45) is 0 Å². The molecule has 0 saturated carbocycles. The number of alkyl halides is 2. The molecule has 31 heavy (non-hydrogen) atoms. The van der Waals surface area contributed by atoms with Crippen LogP contribution in [0.1, 0.15) is 23.2 Å². The molecule has 0 radical (unpaired) electrons. The summed E-state index contributed by atoms with van der Waals surface area (Å²) in [6.45, 7) is -0.0164. The van der Waals surface area contributed by atoms with Gasteiger partial charge < -0.3 is 19.5 Å². The first-order valence-electron chi connectivity index (χ1n) is 9.51. The predicted octanol–water partition coefficient (Wildman–Crippen LogP) is 4.19. The van der Waals surface area contributed by atoms with Crippen LogP contribution in [-0.4, -0.2) is 58.2 Å². The molecule has 3 heterocycles. The number of furan rings is 1. The van der Waals surface area contributed by atoms with Crippen LogP contribution in [0.5, 0.6) is 5.75 Å². The Morgan fingerprint density at radius 2 is 1.90 bits per heavy atom. The van der Waals surface area contributed by atoms with Gasteiger partial charge >= 0.3 is 6.09 Å². The van der Waals surface area contributed by atoms with Crippen molar-refractivity contribution in [1.82, 2.24) is 9.88 Å². The van der Waals surface area contributed by atoms with Gasteiger partial charge in [-0.15, -0.1) is 0 Å². The second-order valence-electron chi connectivity index (χ2n) is 7.42. The van der Waals surface area contributed by atoms with E-state index in [0.717, 1.165) is 4.90 Å².